The number of carboxylic acid groups (broad SMARTS) is 1. The van der Waals surface area contributed by atoms with Crippen LogP contribution in [0.5, 0.6) is 5.75 Å². The highest BCUT2D eigenvalue weighted by atomic mass is 19.1. The number of aliphatic carboxylic acids is 1. The van der Waals surface area contributed by atoms with Crippen molar-refractivity contribution in [1.29, 1.82) is 0 Å². The van der Waals surface area contributed by atoms with E-state index in [9.17, 15) is 29.0 Å². The third kappa shape index (κ3) is 5.25. The average molecular weight is 467 g/mol. The summed E-state index contributed by atoms with van der Waals surface area (Å²) in [7, 11) is 1.48. The third-order valence-corrected chi connectivity index (χ3v) is 5.66. The fourth-order valence-corrected chi connectivity index (χ4v) is 3.88. The second kappa shape index (κ2) is 9.78. The van der Waals surface area contributed by atoms with Gasteiger partial charge in [0.05, 0.1) is 12.5 Å². The molecule has 1 atom stereocenters. The number of benzene rings is 2. The maximum absolute atomic E-state index is 14.6. The minimum atomic E-state index is -1.21. The number of aryl methyl sites for hydroxylation is 3. The van der Waals surface area contributed by atoms with Gasteiger partial charge in [-0.15, -0.1) is 0 Å². The SMILES string of the molecule is Cc1cccc(C)c1-c1cc(F)cc(C(CC(=O)O)NC(=O)Nc2c(O)cc(C)n(C)c2=O)c1. The van der Waals surface area contributed by atoms with E-state index in [0.29, 0.717) is 11.3 Å². The van der Waals surface area contributed by atoms with Gasteiger partial charge in [-0.05, 0) is 66.8 Å². The number of rotatable bonds is 6. The fraction of sp³-hybridized carbons (Fsp3) is 0.240. The van der Waals surface area contributed by atoms with Gasteiger partial charge in [-0.25, -0.2) is 9.18 Å². The summed E-state index contributed by atoms with van der Waals surface area (Å²) in [6.07, 6.45) is -0.527. The fourth-order valence-electron chi connectivity index (χ4n) is 3.88. The van der Waals surface area contributed by atoms with Crippen molar-refractivity contribution < 1.29 is 24.2 Å². The highest BCUT2D eigenvalue weighted by molar-refractivity contribution is 5.91. The van der Waals surface area contributed by atoms with E-state index in [1.807, 2.05) is 32.0 Å². The van der Waals surface area contributed by atoms with Crippen LogP contribution < -0.4 is 16.2 Å². The molecule has 34 heavy (non-hydrogen) atoms. The van der Waals surface area contributed by atoms with Gasteiger partial charge in [-0.3, -0.25) is 9.59 Å². The minimum absolute atomic E-state index is 0.247. The molecular formula is C25H26FN3O5. The number of nitrogens with one attached hydrogen (secondary N) is 2. The lowest BCUT2D eigenvalue weighted by molar-refractivity contribution is -0.137. The summed E-state index contributed by atoms with van der Waals surface area (Å²) >= 11 is 0. The second-order valence-electron chi connectivity index (χ2n) is 8.20. The molecule has 8 nitrogen and oxygen atoms in total. The van der Waals surface area contributed by atoms with Gasteiger partial charge in [0.25, 0.3) is 5.56 Å². The molecule has 3 aromatic rings. The van der Waals surface area contributed by atoms with E-state index in [1.165, 1.54) is 23.7 Å². The standard InChI is InChI=1S/C25H26FN3O5/c1-13-6-5-7-14(2)22(13)17-9-16(10-18(26)11-17)19(12-21(31)32)27-25(34)28-23-20(30)8-15(3)29(4)24(23)33/h5-11,19,30H,12H2,1-4H3,(H,31,32)(H2,27,28,34). The molecule has 3 rings (SSSR count). The number of hydrogen-bond acceptors (Lipinski definition) is 4. The molecule has 1 aromatic heterocycles. The van der Waals surface area contributed by atoms with Gasteiger partial charge < -0.3 is 25.4 Å². The number of halogens is 1. The average Bonchev–Trinajstić information content (AvgIpc) is 2.74. The summed E-state index contributed by atoms with van der Waals surface area (Å²) in [4.78, 5) is 36.6. The van der Waals surface area contributed by atoms with Crippen LogP contribution in [0.3, 0.4) is 0 Å². The van der Waals surface area contributed by atoms with Gasteiger partial charge in [0, 0.05) is 18.8 Å². The Morgan fingerprint density at radius 1 is 1.09 bits per heavy atom. The van der Waals surface area contributed by atoms with E-state index >= 15 is 0 Å². The van der Waals surface area contributed by atoms with E-state index in [-0.39, 0.29) is 11.3 Å². The van der Waals surface area contributed by atoms with Crippen molar-refractivity contribution in [2.24, 2.45) is 7.05 Å². The first-order chi connectivity index (χ1) is 16.0. The van der Waals surface area contributed by atoms with Gasteiger partial charge in [-0.2, -0.15) is 0 Å². The predicted octanol–water partition coefficient (Wildman–Crippen LogP) is 4.16. The number of aromatic nitrogens is 1. The van der Waals surface area contributed by atoms with Crippen molar-refractivity contribution in [2.45, 2.75) is 33.2 Å². The van der Waals surface area contributed by atoms with Crippen LogP contribution in [0.15, 0.2) is 47.3 Å². The first kappa shape index (κ1) is 24.5. The van der Waals surface area contributed by atoms with E-state index < -0.39 is 41.6 Å². The molecule has 178 valence electrons. The van der Waals surface area contributed by atoms with Gasteiger partial charge in [0.1, 0.15) is 11.6 Å². The Bertz CT molecular complexity index is 1310. The van der Waals surface area contributed by atoms with Crippen LogP contribution in [-0.2, 0) is 11.8 Å². The monoisotopic (exact) mass is 467 g/mol. The number of anilines is 1. The van der Waals surface area contributed by atoms with Crippen molar-refractivity contribution in [3.05, 3.63) is 81.0 Å². The number of urea groups is 1. The topological polar surface area (TPSA) is 121 Å². The van der Waals surface area contributed by atoms with Gasteiger partial charge in [0.15, 0.2) is 5.69 Å². The summed E-state index contributed by atoms with van der Waals surface area (Å²) in [5.41, 5.74) is 2.95. The molecule has 1 heterocycles. The van der Waals surface area contributed by atoms with Crippen molar-refractivity contribution in [1.82, 2.24) is 9.88 Å². The van der Waals surface area contributed by atoms with Crippen LogP contribution in [-0.4, -0.2) is 26.8 Å². The highest BCUT2D eigenvalue weighted by Crippen LogP contribution is 2.31. The molecule has 0 saturated heterocycles. The van der Waals surface area contributed by atoms with Crippen LogP contribution in [0, 0.1) is 26.6 Å². The number of carbonyl (C=O) groups excluding carboxylic acids is 1. The molecule has 2 aromatic carbocycles. The van der Waals surface area contributed by atoms with Crippen LogP contribution in [0.25, 0.3) is 11.1 Å². The van der Waals surface area contributed by atoms with E-state index in [2.05, 4.69) is 10.6 Å². The van der Waals surface area contributed by atoms with Gasteiger partial charge in [0.2, 0.25) is 0 Å². The Balaban J connectivity index is 1.97. The highest BCUT2D eigenvalue weighted by Gasteiger charge is 2.22. The van der Waals surface area contributed by atoms with Gasteiger partial charge in [-0.1, -0.05) is 18.2 Å². The van der Waals surface area contributed by atoms with Crippen LogP contribution >= 0.6 is 0 Å². The first-order valence-electron chi connectivity index (χ1n) is 10.5. The Kier molecular flexibility index (Phi) is 7.05. The summed E-state index contributed by atoms with van der Waals surface area (Å²) < 4.78 is 15.8. The number of amides is 2. The van der Waals surface area contributed by atoms with Gasteiger partial charge >= 0.3 is 12.0 Å². The Labute approximate surface area is 195 Å². The van der Waals surface area contributed by atoms with Crippen molar-refractivity contribution in [2.75, 3.05) is 5.32 Å². The summed E-state index contributed by atoms with van der Waals surface area (Å²) in [6, 6.07) is 9.11. The largest absolute Gasteiger partial charge is 0.505 e. The minimum Gasteiger partial charge on any atom is -0.505 e. The lowest BCUT2D eigenvalue weighted by Crippen LogP contribution is -2.36. The molecule has 0 spiro atoms. The zero-order valence-corrected chi connectivity index (χ0v) is 19.3. The predicted molar refractivity (Wildman–Crippen MR) is 127 cm³/mol. The van der Waals surface area contributed by atoms with Crippen LogP contribution in [0.4, 0.5) is 14.9 Å². The smallest absolute Gasteiger partial charge is 0.319 e. The molecule has 2 amide bonds. The number of aromatic hydroxyl groups is 1. The summed E-state index contributed by atoms with van der Waals surface area (Å²) in [5.74, 6) is -2.22. The van der Waals surface area contributed by atoms with E-state index in [4.69, 9.17) is 0 Å². The number of carboxylic acids is 1. The normalized spacial score (nSPS) is 11.7. The number of hydrogen-bond donors (Lipinski definition) is 4. The third-order valence-electron chi connectivity index (χ3n) is 5.66. The summed E-state index contributed by atoms with van der Waals surface area (Å²) in [5, 5.41) is 24.2. The lowest BCUT2D eigenvalue weighted by Gasteiger charge is -2.20. The Morgan fingerprint density at radius 2 is 1.74 bits per heavy atom. The van der Waals surface area contributed by atoms with Crippen LogP contribution in [0.2, 0.25) is 0 Å². The maximum Gasteiger partial charge on any atom is 0.319 e. The molecular weight excluding hydrogens is 441 g/mol. The molecule has 9 heteroatoms. The lowest BCUT2D eigenvalue weighted by atomic mass is 9.92. The zero-order valence-electron chi connectivity index (χ0n) is 19.3. The second-order valence-corrected chi connectivity index (χ2v) is 8.20. The molecule has 0 aliphatic carbocycles. The van der Waals surface area contributed by atoms with E-state index in [1.54, 1.807) is 13.0 Å². The number of carbonyl (C=O) groups is 2. The molecule has 0 aliphatic heterocycles. The van der Waals surface area contributed by atoms with Crippen molar-refractivity contribution in [3.8, 4) is 16.9 Å². The molecule has 1 unspecified atom stereocenters. The van der Waals surface area contributed by atoms with Crippen molar-refractivity contribution in [3.63, 3.8) is 0 Å². The molecule has 0 aliphatic rings. The molecule has 0 fully saturated rings. The Morgan fingerprint density at radius 3 is 2.35 bits per heavy atom. The van der Waals surface area contributed by atoms with Crippen LogP contribution in [0.1, 0.15) is 34.8 Å². The number of pyridine rings is 1. The molecule has 0 radical (unpaired) electrons. The molecule has 4 N–H and O–H groups in total. The van der Waals surface area contributed by atoms with Crippen molar-refractivity contribution >= 4 is 17.7 Å². The Hall–Kier alpha value is -4.14. The molecule has 0 saturated carbocycles. The van der Waals surface area contributed by atoms with E-state index in [0.717, 1.165) is 22.8 Å². The quantitative estimate of drug-likeness (QED) is 0.434. The summed E-state index contributed by atoms with van der Waals surface area (Å²) in [6.45, 7) is 5.40. The first-order valence-corrected chi connectivity index (χ1v) is 10.5. The maximum atomic E-state index is 14.6. The molecule has 0 bridgehead atoms. The number of nitrogens with zero attached hydrogens (tertiary/aromatic N) is 1. The zero-order chi connectivity index (χ0) is 25.2.